The zero-order chi connectivity index (χ0) is 23.0. The van der Waals surface area contributed by atoms with E-state index in [-0.39, 0.29) is 18.6 Å². The maximum atomic E-state index is 17.1. The number of carbonyl (C=O) groups excluding carboxylic acids is 3. The number of fused-ring (bicyclic) bond motifs is 5. The Morgan fingerprint density at radius 3 is 2.61 bits per heavy atom. The second-order valence-corrected chi connectivity index (χ2v) is 10.4. The van der Waals surface area contributed by atoms with Crippen molar-refractivity contribution in [1.82, 2.24) is 0 Å². The fraction of sp³-hybridized carbons (Fsp3) is 0.708. The van der Waals surface area contributed by atoms with Gasteiger partial charge in [0.25, 0.3) is 0 Å². The van der Waals surface area contributed by atoms with Crippen molar-refractivity contribution in [3.05, 3.63) is 23.8 Å². The van der Waals surface area contributed by atoms with Crippen LogP contribution in [0.1, 0.15) is 53.4 Å². The summed E-state index contributed by atoms with van der Waals surface area (Å²) in [6.45, 7) is 5.68. The van der Waals surface area contributed by atoms with Gasteiger partial charge in [0.2, 0.25) is 5.78 Å². The minimum Gasteiger partial charge on any atom is -0.458 e. The van der Waals surface area contributed by atoms with E-state index < -0.39 is 64.3 Å². The van der Waals surface area contributed by atoms with E-state index in [0.717, 1.165) is 5.57 Å². The van der Waals surface area contributed by atoms with Crippen LogP contribution in [-0.4, -0.2) is 51.7 Å². The van der Waals surface area contributed by atoms with Crippen molar-refractivity contribution >= 4 is 17.5 Å². The van der Waals surface area contributed by atoms with Crippen LogP contribution in [0.15, 0.2) is 23.8 Å². The number of esters is 1. The first-order chi connectivity index (χ1) is 14.3. The molecule has 4 rings (SSSR count). The van der Waals surface area contributed by atoms with Crippen molar-refractivity contribution in [2.75, 3.05) is 6.61 Å². The average molecular weight is 435 g/mol. The molecule has 4 aliphatic rings. The van der Waals surface area contributed by atoms with Gasteiger partial charge in [-0.2, -0.15) is 0 Å². The van der Waals surface area contributed by atoms with Gasteiger partial charge in [-0.1, -0.05) is 32.4 Å². The van der Waals surface area contributed by atoms with Gasteiger partial charge in [0.05, 0.1) is 6.10 Å². The molecule has 0 amide bonds. The summed E-state index contributed by atoms with van der Waals surface area (Å²) >= 11 is 0. The molecule has 7 heteroatoms. The highest BCUT2D eigenvalue weighted by atomic mass is 19.1. The number of hydrogen-bond acceptors (Lipinski definition) is 6. The molecule has 6 nitrogen and oxygen atoms in total. The second-order valence-electron chi connectivity index (χ2n) is 10.4. The molecule has 0 saturated heterocycles. The number of halogens is 1. The van der Waals surface area contributed by atoms with Crippen LogP contribution in [0.25, 0.3) is 0 Å². The Kier molecular flexibility index (Phi) is 4.91. The lowest BCUT2D eigenvalue weighted by Gasteiger charge is -2.61. The zero-order valence-corrected chi connectivity index (χ0v) is 18.5. The maximum absolute atomic E-state index is 17.1. The number of carbonyl (C=O) groups is 3. The molecule has 0 spiro atoms. The van der Waals surface area contributed by atoms with Crippen LogP contribution >= 0.6 is 0 Å². The van der Waals surface area contributed by atoms with Crippen LogP contribution < -0.4 is 0 Å². The number of aliphatic hydroxyl groups excluding tert-OH is 1. The number of allylic oxidation sites excluding steroid dienone is 4. The van der Waals surface area contributed by atoms with Gasteiger partial charge in [0.15, 0.2) is 12.4 Å². The third-order valence-corrected chi connectivity index (χ3v) is 8.98. The molecule has 31 heavy (non-hydrogen) atoms. The Morgan fingerprint density at radius 1 is 1.29 bits per heavy atom. The molecule has 0 aromatic heterocycles. The number of ketones is 2. The van der Waals surface area contributed by atoms with E-state index in [1.165, 1.54) is 13.0 Å². The molecule has 0 aliphatic heterocycles. The molecule has 0 aromatic rings. The van der Waals surface area contributed by atoms with Crippen LogP contribution in [0.5, 0.6) is 0 Å². The zero-order valence-electron chi connectivity index (χ0n) is 18.5. The maximum Gasteiger partial charge on any atom is 0.303 e. The molecule has 4 aliphatic carbocycles. The molecular formula is C24H31FO6. The van der Waals surface area contributed by atoms with Crippen molar-refractivity contribution in [3.8, 4) is 0 Å². The molecule has 0 radical (unpaired) electrons. The summed E-state index contributed by atoms with van der Waals surface area (Å²) in [6.07, 6.45) is 4.73. The SMILES string of the molecule is CC(=O)OCC(=O)[C@@]1(O)[C@H](C)C[C@@]2(F)[C@@H]3CCC4=CC(=O)C=C[C@]4(C)[C@H]3[C@@H](O)C[C@@]21C. The predicted octanol–water partition coefficient (Wildman–Crippen LogP) is 2.47. The molecule has 0 bridgehead atoms. The van der Waals surface area contributed by atoms with Gasteiger partial charge >= 0.3 is 5.97 Å². The first kappa shape index (κ1) is 22.3. The van der Waals surface area contributed by atoms with Crippen molar-refractivity contribution in [2.45, 2.75) is 70.8 Å². The summed E-state index contributed by atoms with van der Waals surface area (Å²) in [5, 5.41) is 22.9. The Morgan fingerprint density at radius 2 is 1.97 bits per heavy atom. The van der Waals surface area contributed by atoms with E-state index in [0.29, 0.717) is 12.8 Å². The minimum absolute atomic E-state index is 0.0164. The van der Waals surface area contributed by atoms with Crippen LogP contribution in [-0.2, 0) is 19.1 Å². The van der Waals surface area contributed by atoms with Crippen LogP contribution in [0, 0.1) is 28.6 Å². The number of alkyl halides is 1. The fourth-order valence-electron chi connectivity index (χ4n) is 7.46. The molecule has 3 saturated carbocycles. The number of rotatable bonds is 3. The van der Waals surface area contributed by atoms with Crippen LogP contribution in [0.3, 0.4) is 0 Å². The first-order valence-electron chi connectivity index (χ1n) is 11.0. The van der Waals surface area contributed by atoms with Crippen molar-refractivity contribution < 1.29 is 33.7 Å². The second kappa shape index (κ2) is 6.82. The van der Waals surface area contributed by atoms with E-state index in [1.807, 2.05) is 6.92 Å². The quantitative estimate of drug-likeness (QED) is 0.662. The van der Waals surface area contributed by atoms with Crippen LogP contribution in [0.4, 0.5) is 4.39 Å². The Bertz CT molecular complexity index is 910. The third-order valence-electron chi connectivity index (χ3n) is 8.98. The van der Waals surface area contributed by atoms with E-state index in [4.69, 9.17) is 4.74 Å². The first-order valence-corrected chi connectivity index (χ1v) is 11.0. The number of ether oxygens (including phenoxy) is 1. The smallest absolute Gasteiger partial charge is 0.303 e. The monoisotopic (exact) mass is 434 g/mol. The van der Waals surface area contributed by atoms with Crippen molar-refractivity contribution in [1.29, 1.82) is 0 Å². The van der Waals surface area contributed by atoms with Gasteiger partial charge in [-0.15, -0.1) is 0 Å². The van der Waals surface area contributed by atoms with Crippen molar-refractivity contribution in [3.63, 3.8) is 0 Å². The standard InChI is InChI=1S/C24H31FO6/c1-13-10-23(25)17-6-5-15-9-16(27)7-8-21(15,3)20(17)18(28)11-22(23,4)24(13,30)19(29)12-31-14(2)26/h7-9,13,17-18,20,28,30H,5-6,10-12H2,1-4H3/t13-,17-,18+,20-,21+,22+,23-,24+/m1/s1. The minimum atomic E-state index is -2.06. The van der Waals surface area contributed by atoms with Gasteiger partial charge in [0.1, 0.15) is 11.3 Å². The highest BCUT2D eigenvalue weighted by Gasteiger charge is 2.78. The topological polar surface area (TPSA) is 101 Å². The Hall–Kier alpha value is -1.86. The normalized spacial score (nSPS) is 48.4. The highest BCUT2D eigenvalue weighted by Crippen LogP contribution is 2.71. The lowest BCUT2D eigenvalue weighted by Crippen LogP contribution is -2.68. The Labute approximate surface area is 181 Å². The molecular weight excluding hydrogens is 403 g/mol. The summed E-state index contributed by atoms with van der Waals surface area (Å²) in [6, 6.07) is 0. The third kappa shape index (κ3) is 2.72. The molecule has 8 atom stereocenters. The summed E-state index contributed by atoms with van der Waals surface area (Å²) < 4.78 is 22.0. The summed E-state index contributed by atoms with van der Waals surface area (Å²) in [5.74, 6) is -3.23. The van der Waals surface area contributed by atoms with Gasteiger partial charge in [0, 0.05) is 29.6 Å². The number of Topliss-reactive ketones (excluding diaryl/α,β-unsaturated/α-hetero) is 1. The summed E-state index contributed by atoms with van der Waals surface area (Å²) in [4.78, 5) is 36.2. The largest absolute Gasteiger partial charge is 0.458 e. The van der Waals surface area contributed by atoms with E-state index in [1.54, 1.807) is 26.0 Å². The molecule has 0 unspecified atom stereocenters. The van der Waals surface area contributed by atoms with Gasteiger partial charge in [-0.05, 0) is 43.8 Å². The Balaban J connectivity index is 1.77. The summed E-state index contributed by atoms with van der Waals surface area (Å²) in [7, 11) is 0. The predicted molar refractivity (Wildman–Crippen MR) is 109 cm³/mol. The van der Waals surface area contributed by atoms with Crippen LogP contribution in [0.2, 0.25) is 0 Å². The number of hydrogen-bond donors (Lipinski definition) is 2. The molecule has 3 fully saturated rings. The van der Waals surface area contributed by atoms with E-state index in [2.05, 4.69) is 0 Å². The van der Waals surface area contributed by atoms with E-state index in [9.17, 15) is 24.6 Å². The van der Waals surface area contributed by atoms with Gasteiger partial charge in [-0.25, -0.2) is 4.39 Å². The molecule has 170 valence electrons. The molecule has 0 aromatic carbocycles. The van der Waals surface area contributed by atoms with Gasteiger partial charge < -0.3 is 14.9 Å². The van der Waals surface area contributed by atoms with Crippen molar-refractivity contribution in [2.24, 2.45) is 28.6 Å². The lowest BCUT2D eigenvalue weighted by atomic mass is 9.45. The molecule has 2 N–H and O–H groups in total. The number of aliphatic hydroxyl groups is 2. The summed E-state index contributed by atoms with van der Waals surface area (Å²) in [5.41, 5.74) is -5.22. The van der Waals surface area contributed by atoms with E-state index >= 15 is 4.39 Å². The fourth-order valence-corrected chi connectivity index (χ4v) is 7.46. The lowest BCUT2D eigenvalue weighted by molar-refractivity contribution is -0.216. The van der Waals surface area contributed by atoms with Gasteiger partial charge in [-0.3, -0.25) is 14.4 Å². The highest BCUT2D eigenvalue weighted by molar-refractivity contribution is 6.01. The molecule has 0 heterocycles. The average Bonchev–Trinajstić information content (AvgIpc) is 2.84.